The summed E-state index contributed by atoms with van der Waals surface area (Å²) in [5.41, 5.74) is 1.76. The monoisotopic (exact) mass is 330 g/mol. The molecular formula is C17H18N2O5. The van der Waals surface area contributed by atoms with E-state index in [4.69, 9.17) is 9.94 Å². The van der Waals surface area contributed by atoms with E-state index < -0.39 is 11.5 Å². The Morgan fingerprint density at radius 2 is 2.04 bits per heavy atom. The maximum atomic E-state index is 12.8. The van der Waals surface area contributed by atoms with Crippen molar-refractivity contribution >= 4 is 23.7 Å². The Morgan fingerprint density at radius 3 is 2.67 bits per heavy atom. The number of likely N-dealkylation sites (tertiary alicyclic amines) is 1. The summed E-state index contributed by atoms with van der Waals surface area (Å²) in [5, 5.41) is 8.48. The molecule has 1 saturated heterocycles. The van der Waals surface area contributed by atoms with Gasteiger partial charge in [-0.2, -0.15) is 0 Å². The molecule has 7 nitrogen and oxygen atoms in total. The maximum absolute atomic E-state index is 12.8. The Hall–Kier alpha value is -2.67. The zero-order chi connectivity index (χ0) is 17.3. The third kappa shape index (κ3) is 2.78. The van der Waals surface area contributed by atoms with Gasteiger partial charge in [-0.05, 0) is 23.8 Å². The highest BCUT2D eigenvalue weighted by atomic mass is 16.5. The van der Waals surface area contributed by atoms with Crippen LogP contribution in [-0.2, 0) is 9.59 Å². The maximum Gasteiger partial charge on any atom is 0.267 e. The Bertz CT molecular complexity index is 732. The van der Waals surface area contributed by atoms with E-state index in [0.29, 0.717) is 42.8 Å². The molecule has 0 saturated carbocycles. The van der Waals surface area contributed by atoms with Crippen molar-refractivity contribution in [2.24, 2.45) is 0 Å². The van der Waals surface area contributed by atoms with E-state index in [2.05, 4.69) is 0 Å². The number of nitrogens with one attached hydrogen (secondary N) is 1. The fraction of sp³-hybridized carbons (Fsp3) is 0.353. The van der Waals surface area contributed by atoms with Crippen LogP contribution in [0.25, 0.3) is 6.08 Å². The van der Waals surface area contributed by atoms with Crippen LogP contribution in [0.4, 0.5) is 0 Å². The van der Waals surface area contributed by atoms with Crippen LogP contribution >= 0.6 is 0 Å². The Balaban J connectivity index is 1.80. The van der Waals surface area contributed by atoms with Crippen LogP contribution in [-0.4, -0.2) is 46.4 Å². The number of amides is 2. The zero-order valence-electron chi connectivity index (χ0n) is 13.2. The van der Waals surface area contributed by atoms with Crippen LogP contribution in [0, 0.1) is 0 Å². The fourth-order valence-corrected chi connectivity index (χ4v) is 3.14. The molecule has 0 aromatic heterocycles. The standard InChI is InChI=1S/C17H18N2O5/c1-11(20)19-8-6-17(7-9-19)16(22)13-10-12(2-4-14(13)24-17)3-5-15(21)18-23/h2-5,10,23H,6-9H2,1H3,(H,18,21)/b5-3+. The molecule has 2 aliphatic heterocycles. The van der Waals surface area contributed by atoms with Gasteiger partial charge in [-0.15, -0.1) is 0 Å². The second kappa shape index (κ2) is 6.09. The molecule has 2 amide bonds. The number of hydroxylamine groups is 1. The largest absolute Gasteiger partial charge is 0.478 e. The van der Waals surface area contributed by atoms with Gasteiger partial charge in [-0.3, -0.25) is 19.6 Å². The topological polar surface area (TPSA) is 95.9 Å². The average molecular weight is 330 g/mol. The van der Waals surface area contributed by atoms with E-state index in [-0.39, 0.29) is 11.7 Å². The zero-order valence-corrected chi connectivity index (χ0v) is 13.2. The van der Waals surface area contributed by atoms with Gasteiger partial charge in [-0.1, -0.05) is 6.07 Å². The van der Waals surface area contributed by atoms with Crippen LogP contribution < -0.4 is 10.2 Å². The summed E-state index contributed by atoms with van der Waals surface area (Å²) in [6.45, 7) is 2.52. The lowest BCUT2D eigenvalue weighted by molar-refractivity contribution is -0.131. The first kappa shape index (κ1) is 16.2. The molecule has 24 heavy (non-hydrogen) atoms. The molecule has 126 valence electrons. The van der Waals surface area contributed by atoms with Crippen LogP contribution in [0.2, 0.25) is 0 Å². The van der Waals surface area contributed by atoms with Crippen molar-refractivity contribution < 1.29 is 24.3 Å². The summed E-state index contributed by atoms with van der Waals surface area (Å²) < 4.78 is 5.95. The third-order valence-electron chi connectivity index (χ3n) is 4.52. The van der Waals surface area contributed by atoms with Crippen molar-refractivity contribution in [1.82, 2.24) is 10.4 Å². The quantitative estimate of drug-likeness (QED) is 0.482. The Morgan fingerprint density at radius 1 is 1.33 bits per heavy atom. The summed E-state index contributed by atoms with van der Waals surface area (Å²) in [5.74, 6) is -0.198. The first-order valence-corrected chi connectivity index (χ1v) is 7.71. The highest BCUT2D eigenvalue weighted by Crippen LogP contribution is 2.41. The van der Waals surface area contributed by atoms with Gasteiger partial charge in [0.2, 0.25) is 11.7 Å². The minimum Gasteiger partial charge on any atom is -0.478 e. The molecule has 0 aliphatic carbocycles. The van der Waals surface area contributed by atoms with Crippen molar-refractivity contribution in [3.05, 3.63) is 35.4 Å². The van der Waals surface area contributed by atoms with E-state index in [1.165, 1.54) is 24.6 Å². The first-order chi connectivity index (χ1) is 11.4. The molecule has 2 aliphatic rings. The molecular weight excluding hydrogens is 312 g/mol. The number of benzene rings is 1. The van der Waals surface area contributed by atoms with E-state index >= 15 is 0 Å². The van der Waals surface area contributed by atoms with Gasteiger partial charge in [0.25, 0.3) is 5.91 Å². The van der Waals surface area contributed by atoms with Gasteiger partial charge in [0.15, 0.2) is 5.60 Å². The molecule has 1 spiro atoms. The lowest BCUT2D eigenvalue weighted by Crippen LogP contribution is -2.51. The number of piperidine rings is 1. The number of ketones is 1. The predicted octanol–water partition coefficient (Wildman–Crippen LogP) is 1.16. The van der Waals surface area contributed by atoms with Gasteiger partial charge >= 0.3 is 0 Å². The van der Waals surface area contributed by atoms with Gasteiger partial charge in [-0.25, -0.2) is 5.48 Å². The smallest absolute Gasteiger partial charge is 0.267 e. The molecule has 0 unspecified atom stereocenters. The normalized spacial score (nSPS) is 18.6. The van der Waals surface area contributed by atoms with Crippen LogP contribution in [0.3, 0.4) is 0 Å². The van der Waals surface area contributed by atoms with Gasteiger partial charge in [0.1, 0.15) is 5.75 Å². The van der Waals surface area contributed by atoms with Gasteiger partial charge in [0, 0.05) is 38.9 Å². The molecule has 0 radical (unpaired) electrons. The number of rotatable bonds is 2. The molecule has 2 heterocycles. The third-order valence-corrected chi connectivity index (χ3v) is 4.52. The number of nitrogens with zero attached hydrogens (tertiary/aromatic N) is 1. The summed E-state index contributed by atoms with van der Waals surface area (Å²) in [6, 6.07) is 5.11. The van der Waals surface area contributed by atoms with E-state index in [9.17, 15) is 14.4 Å². The Labute approximate surface area is 138 Å². The highest BCUT2D eigenvalue weighted by Gasteiger charge is 2.49. The van der Waals surface area contributed by atoms with Crippen molar-refractivity contribution in [1.29, 1.82) is 0 Å². The predicted molar refractivity (Wildman–Crippen MR) is 84.6 cm³/mol. The van der Waals surface area contributed by atoms with Crippen LogP contribution in [0.5, 0.6) is 5.75 Å². The summed E-state index contributed by atoms with van der Waals surface area (Å²) in [7, 11) is 0. The molecule has 2 N–H and O–H groups in total. The van der Waals surface area contributed by atoms with Crippen LogP contribution in [0.15, 0.2) is 24.3 Å². The van der Waals surface area contributed by atoms with E-state index in [0.717, 1.165) is 0 Å². The van der Waals surface area contributed by atoms with Gasteiger partial charge < -0.3 is 9.64 Å². The molecule has 7 heteroatoms. The van der Waals surface area contributed by atoms with E-state index in [1.807, 2.05) is 0 Å². The average Bonchev–Trinajstić information content (AvgIpc) is 2.85. The summed E-state index contributed by atoms with van der Waals surface area (Å²) in [6.07, 6.45) is 3.61. The number of carbonyl (C=O) groups is 3. The minimum absolute atomic E-state index is 0.00222. The number of hydrogen-bond donors (Lipinski definition) is 2. The summed E-state index contributed by atoms with van der Waals surface area (Å²) >= 11 is 0. The molecule has 0 bridgehead atoms. The number of carbonyl (C=O) groups excluding carboxylic acids is 3. The lowest BCUT2D eigenvalue weighted by atomic mass is 9.85. The second-order valence-electron chi connectivity index (χ2n) is 6.00. The minimum atomic E-state index is -0.890. The molecule has 1 fully saturated rings. The second-order valence-corrected chi connectivity index (χ2v) is 6.00. The molecule has 1 aromatic carbocycles. The number of Topliss-reactive ketones (excluding diaryl/α,β-unsaturated/α-hetero) is 1. The van der Waals surface area contributed by atoms with Crippen molar-refractivity contribution in [3.63, 3.8) is 0 Å². The molecule has 3 rings (SSSR count). The van der Waals surface area contributed by atoms with E-state index in [1.54, 1.807) is 23.1 Å². The number of fused-ring (bicyclic) bond motifs is 1. The summed E-state index contributed by atoms with van der Waals surface area (Å²) in [4.78, 5) is 37.0. The highest BCUT2D eigenvalue weighted by molar-refractivity contribution is 6.08. The first-order valence-electron chi connectivity index (χ1n) is 7.71. The molecule has 0 atom stereocenters. The fourth-order valence-electron chi connectivity index (χ4n) is 3.14. The number of hydrogen-bond acceptors (Lipinski definition) is 5. The van der Waals surface area contributed by atoms with Gasteiger partial charge in [0.05, 0.1) is 5.56 Å². The van der Waals surface area contributed by atoms with Crippen molar-refractivity contribution in [2.45, 2.75) is 25.4 Å². The number of ether oxygens (including phenoxy) is 1. The molecule has 1 aromatic rings. The SMILES string of the molecule is CC(=O)N1CCC2(CC1)Oc1ccc(/C=C/C(=O)NO)cc1C2=O. The lowest BCUT2D eigenvalue weighted by Gasteiger charge is -2.36. The van der Waals surface area contributed by atoms with Crippen molar-refractivity contribution in [2.75, 3.05) is 13.1 Å². The Kier molecular flexibility index (Phi) is 4.11. The van der Waals surface area contributed by atoms with Crippen molar-refractivity contribution in [3.8, 4) is 5.75 Å². The van der Waals surface area contributed by atoms with Crippen LogP contribution in [0.1, 0.15) is 35.7 Å².